The molecule has 0 saturated carbocycles. The van der Waals surface area contributed by atoms with Gasteiger partial charge in [-0.3, -0.25) is 9.59 Å². The van der Waals surface area contributed by atoms with E-state index >= 15 is 0 Å². The predicted molar refractivity (Wildman–Crippen MR) is 83.3 cm³/mol. The summed E-state index contributed by atoms with van der Waals surface area (Å²) in [7, 11) is 0. The summed E-state index contributed by atoms with van der Waals surface area (Å²) in [5, 5.41) is 6.81. The Hall–Kier alpha value is -2.84. The zero-order valence-electron chi connectivity index (χ0n) is 13.8. The summed E-state index contributed by atoms with van der Waals surface area (Å²) in [6, 6.07) is 4.52. The number of anilines is 1. The van der Waals surface area contributed by atoms with Gasteiger partial charge in [-0.1, -0.05) is 0 Å². The summed E-state index contributed by atoms with van der Waals surface area (Å²) >= 11 is 0. The second-order valence-electron chi connectivity index (χ2n) is 5.33. The Labute approximate surface area is 141 Å². The van der Waals surface area contributed by atoms with Crippen molar-refractivity contribution < 1.29 is 27.5 Å². The first-order chi connectivity index (χ1) is 11.6. The minimum Gasteiger partial charge on any atom is -0.456 e. The normalized spacial score (nSPS) is 11.3. The fourth-order valence-electron chi connectivity index (χ4n) is 2.21. The fourth-order valence-corrected chi connectivity index (χ4v) is 2.21. The van der Waals surface area contributed by atoms with E-state index in [1.165, 1.54) is 23.7 Å². The quantitative estimate of drug-likeness (QED) is 0.856. The molecule has 0 fully saturated rings. The number of alkyl halides is 3. The Kier molecular flexibility index (Phi) is 5.15. The standard InChI is InChI=1S/C16H16F3N3O3/c1-9-15(20-14(24)8-25-11(3)23)10(2)22(21-9)13-6-4-12(5-7-13)16(17,18)19/h4-7H,8H2,1-3H3,(H,20,24). The van der Waals surface area contributed by atoms with Crippen LogP contribution in [0.4, 0.5) is 18.9 Å². The van der Waals surface area contributed by atoms with Gasteiger partial charge in [-0.15, -0.1) is 0 Å². The number of ether oxygens (including phenoxy) is 1. The van der Waals surface area contributed by atoms with Crippen molar-refractivity contribution in [2.45, 2.75) is 26.9 Å². The summed E-state index contributed by atoms with van der Waals surface area (Å²) in [4.78, 5) is 22.5. The topological polar surface area (TPSA) is 73.2 Å². The number of aryl methyl sites for hydroxylation is 1. The number of nitrogens with one attached hydrogen (secondary N) is 1. The first-order valence-corrected chi connectivity index (χ1v) is 7.26. The van der Waals surface area contributed by atoms with Crippen LogP contribution in [0.3, 0.4) is 0 Å². The molecule has 2 aromatic rings. The number of hydrogen-bond donors (Lipinski definition) is 1. The minimum atomic E-state index is -4.41. The number of carbonyl (C=O) groups excluding carboxylic acids is 2. The maximum atomic E-state index is 12.6. The molecule has 1 heterocycles. The van der Waals surface area contributed by atoms with Crippen LogP contribution in [0.2, 0.25) is 0 Å². The lowest BCUT2D eigenvalue weighted by molar-refractivity contribution is -0.145. The highest BCUT2D eigenvalue weighted by atomic mass is 19.4. The van der Waals surface area contributed by atoms with Crippen molar-refractivity contribution in [3.63, 3.8) is 0 Å². The van der Waals surface area contributed by atoms with Crippen LogP contribution in [0.25, 0.3) is 5.69 Å². The number of nitrogens with zero attached hydrogens (tertiary/aromatic N) is 2. The number of amides is 1. The van der Waals surface area contributed by atoms with Crippen LogP contribution in [0.15, 0.2) is 24.3 Å². The van der Waals surface area contributed by atoms with Crippen molar-refractivity contribution >= 4 is 17.6 Å². The molecule has 0 spiro atoms. The van der Waals surface area contributed by atoms with Crippen molar-refractivity contribution in [1.82, 2.24) is 9.78 Å². The predicted octanol–water partition coefficient (Wildman–Crippen LogP) is 3.01. The van der Waals surface area contributed by atoms with Crippen LogP contribution in [0.5, 0.6) is 0 Å². The zero-order valence-corrected chi connectivity index (χ0v) is 13.8. The van der Waals surface area contributed by atoms with Gasteiger partial charge in [0.25, 0.3) is 5.91 Å². The molecule has 9 heteroatoms. The van der Waals surface area contributed by atoms with Gasteiger partial charge in [-0.05, 0) is 38.1 Å². The molecule has 0 aliphatic rings. The number of hydrogen-bond acceptors (Lipinski definition) is 4. The molecule has 0 atom stereocenters. The van der Waals surface area contributed by atoms with E-state index in [1.54, 1.807) is 13.8 Å². The number of carbonyl (C=O) groups is 2. The Bertz CT molecular complexity index is 795. The first kappa shape index (κ1) is 18.5. The highest BCUT2D eigenvalue weighted by Crippen LogP contribution is 2.30. The summed E-state index contributed by atoms with van der Waals surface area (Å²) in [6.45, 7) is 4.07. The average Bonchev–Trinajstić information content (AvgIpc) is 2.80. The maximum absolute atomic E-state index is 12.6. The Morgan fingerprint density at radius 1 is 1.20 bits per heavy atom. The van der Waals surface area contributed by atoms with E-state index in [0.717, 1.165) is 12.1 Å². The van der Waals surface area contributed by atoms with E-state index in [2.05, 4.69) is 15.2 Å². The van der Waals surface area contributed by atoms with E-state index in [9.17, 15) is 22.8 Å². The molecule has 0 bridgehead atoms. The van der Waals surface area contributed by atoms with Crippen LogP contribution in [0, 0.1) is 13.8 Å². The van der Waals surface area contributed by atoms with E-state index in [4.69, 9.17) is 0 Å². The molecule has 2 rings (SSSR count). The highest BCUT2D eigenvalue weighted by molar-refractivity contribution is 5.93. The van der Waals surface area contributed by atoms with Crippen molar-refractivity contribution in [2.24, 2.45) is 0 Å². The van der Waals surface area contributed by atoms with Crippen LogP contribution >= 0.6 is 0 Å². The molecule has 6 nitrogen and oxygen atoms in total. The van der Waals surface area contributed by atoms with Gasteiger partial charge in [0.15, 0.2) is 6.61 Å². The second-order valence-corrected chi connectivity index (χ2v) is 5.33. The van der Waals surface area contributed by atoms with Crippen molar-refractivity contribution in [2.75, 3.05) is 11.9 Å². The number of halogens is 3. The number of benzene rings is 1. The maximum Gasteiger partial charge on any atom is 0.416 e. The second kappa shape index (κ2) is 6.96. The van der Waals surface area contributed by atoms with Gasteiger partial charge in [-0.25, -0.2) is 4.68 Å². The molecule has 134 valence electrons. The molecule has 1 N–H and O–H groups in total. The third kappa shape index (κ3) is 4.37. The van der Waals surface area contributed by atoms with E-state index in [1.807, 2.05) is 0 Å². The fraction of sp³-hybridized carbons (Fsp3) is 0.312. The Morgan fingerprint density at radius 2 is 1.80 bits per heavy atom. The van der Waals surface area contributed by atoms with Gasteiger partial charge in [0, 0.05) is 6.92 Å². The van der Waals surface area contributed by atoms with Crippen LogP contribution in [-0.4, -0.2) is 28.3 Å². The highest BCUT2D eigenvalue weighted by Gasteiger charge is 2.30. The van der Waals surface area contributed by atoms with Crippen molar-refractivity contribution in [1.29, 1.82) is 0 Å². The van der Waals surface area contributed by atoms with Crippen LogP contribution < -0.4 is 5.32 Å². The largest absolute Gasteiger partial charge is 0.456 e. The molecular weight excluding hydrogens is 339 g/mol. The summed E-state index contributed by atoms with van der Waals surface area (Å²) in [5.41, 5.74) is 1.10. The van der Waals surface area contributed by atoms with E-state index in [0.29, 0.717) is 22.8 Å². The summed E-state index contributed by atoms with van der Waals surface area (Å²) in [6.07, 6.45) is -4.41. The molecule has 1 aromatic heterocycles. The van der Waals surface area contributed by atoms with Crippen LogP contribution in [-0.2, 0) is 20.5 Å². The van der Waals surface area contributed by atoms with Gasteiger partial charge in [0.1, 0.15) is 0 Å². The smallest absolute Gasteiger partial charge is 0.416 e. The molecule has 0 aliphatic heterocycles. The van der Waals surface area contributed by atoms with Gasteiger partial charge in [0.2, 0.25) is 0 Å². The van der Waals surface area contributed by atoms with Crippen molar-refractivity contribution in [3.05, 3.63) is 41.2 Å². The molecule has 1 aromatic carbocycles. The van der Waals surface area contributed by atoms with Gasteiger partial charge >= 0.3 is 12.1 Å². The van der Waals surface area contributed by atoms with Gasteiger partial charge < -0.3 is 10.1 Å². The summed E-state index contributed by atoms with van der Waals surface area (Å²) < 4.78 is 43.9. The van der Waals surface area contributed by atoms with Crippen LogP contribution in [0.1, 0.15) is 23.9 Å². The first-order valence-electron chi connectivity index (χ1n) is 7.26. The molecule has 25 heavy (non-hydrogen) atoms. The van der Waals surface area contributed by atoms with E-state index in [-0.39, 0.29) is 0 Å². The molecule has 0 saturated heterocycles. The van der Waals surface area contributed by atoms with Gasteiger partial charge in [0.05, 0.1) is 28.3 Å². The van der Waals surface area contributed by atoms with Crippen molar-refractivity contribution in [3.8, 4) is 5.69 Å². The lowest BCUT2D eigenvalue weighted by Gasteiger charge is -2.09. The minimum absolute atomic E-state index is 0.414. The summed E-state index contributed by atoms with van der Waals surface area (Å²) in [5.74, 6) is -1.11. The molecule has 0 radical (unpaired) electrons. The lowest BCUT2D eigenvalue weighted by Crippen LogP contribution is -2.20. The van der Waals surface area contributed by atoms with Gasteiger partial charge in [-0.2, -0.15) is 18.3 Å². The monoisotopic (exact) mass is 355 g/mol. The number of rotatable bonds is 4. The molecule has 1 amide bonds. The Balaban J connectivity index is 2.24. The SMILES string of the molecule is CC(=O)OCC(=O)Nc1c(C)nn(-c2ccc(C(F)(F)F)cc2)c1C. The molecular formula is C16H16F3N3O3. The third-order valence-corrected chi connectivity index (χ3v) is 3.40. The molecule has 0 unspecified atom stereocenters. The Morgan fingerprint density at radius 3 is 2.32 bits per heavy atom. The number of aromatic nitrogens is 2. The number of esters is 1. The third-order valence-electron chi connectivity index (χ3n) is 3.40. The average molecular weight is 355 g/mol. The lowest BCUT2D eigenvalue weighted by atomic mass is 10.2. The zero-order chi connectivity index (χ0) is 18.8. The molecule has 0 aliphatic carbocycles. The van der Waals surface area contributed by atoms with E-state index < -0.39 is 30.2 Å².